The Morgan fingerprint density at radius 2 is 2.10 bits per heavy atom. The van der Waals surface area contributed by atoms with Crippen LogP contribution >= 0.6 is 11.6 Å². The fourth-order valence-corrected chi connectivity index (χ4v) is 5.69. The summed E-state index contributed by atoms with van der Waals surface area (Å²) in [5.74, 6) is 2.94. The van der Waals surface area contributed by atoms with E-state index in [-0.39, 0.29) is 11.4 Å². The van der Waals surface area contributed by atoms with Gasteiger partial charge in [0.1, 0.15) is 5.82 Å². The molecule has 3 aliphatic carbocycles. The Balaban J connectivity index is 1.60. The Morgan fingerprint density at radius 1 is 1.30 bits per heavy atom. The van der Waals surface area contributed by atoms with Gasteiger partial charge in [-0.05, 0) is 73.5 Å². The molecule has 20 heavy (non-hydrogen) atoms. The van der Waals surface area contributed by atoms with Gasteiger partial charge < -0.3 is 5.73 Å². The highest BCUT2D eigenvalue weighted by Gasteiger charge is 2.59. The predicted molar refractivity (Wildman–Crippen MR) is 79.1 cm³/mol. The molecule has 2 N–H and O–H groups in total. The van der Waals surface area contributed by atoms with Gasteiger partial charge in [-0.2, -0.15) is 0 Å². The first-order valence-corrected chi connectivity index (χ1v) is 8.17. The minimum absolute atomic E-state index is 0.190. The first-order chi connectivity index (χ1) is 9.57. The minimum atomic E-state index is -0.201. The van der Waals surface area contributed by atoms with Crippen molar-refractivity contribution in [3.63, 3.8) is 0 Å². The second kappa shape index (κ2) is 4.45. The molecule has 0 heterocycles. The second-order valence-corrected chi connectivity index (χ2v) is 7.65. The highest BCUT2D eigenvalue weighted by atomic mass is 35.5. The van der Waals surface area contributed by atoms with Crippen LogP contribution in [-0.2, 0) is 6.42 Å². The molecule has 5 atom stereocenters. The normalized spacial score (nSPS) is 42.1. The lowest BCUT2D eigenvalue weighted by molar-refractivity contribution is 0.155. The molecule has 3 aliphatic rings. The molecule has 0 saturated heterocycles. The van der Waals surface area contributed by atoms with Crippen LogP contribution in [-0.4, -0.2) is 5.54 Å². The zero-order valence-corrected chi connectivity index (χ0v) is 12.4. The lowest BCUT2D eigenvalue weighted by Crippen LogP contribution is -2.51. The first kappa shape index (κ1) is 13.1. The number of hydrogen-bond donors (Lipinski definition) is 1. The number of fused-ring (bicyclic) bond motifs is 5. The summed E-state index contributed by atoms with van der Waals surface area (Å²) in [6, 6.07) is 4.99. The summed E-state index contributed by atoms with van der Waals surface area (Å²) >= 11 is 5.83. The van der Waals surface area contributed by atoms with E-state index in [9.17, 15) is 4.39 Å². The van der Waals surface area contributed by atoms with Crippen molar-refractivity contribution < 1.29 is 4.39 Å². The molecular weight excluding hydrogens is 273 g/mol. The monoisotopic (exact) mass is 293 g/mol. The van der Waals surface area contributed by atoms with E-state index >= 15 is 0 Å². The molecule has 0 spiro atoms. The fraction of sp³-hybridized carbons (Fsp3) is 0.647. The van der Waals surface area contributed by atoms with Crippen LogP contribution in [0.25, 0.3) is 0 Å². The van der Waals surface area contributed by atoms with Crippen LogP contribution < -0.4 is 5.73 Å². The van der Waals surface area contributed by atoms with Gasteiger partial charge in [-0.25, -0.2) is 4.39 Å². The van der Waals surface area contributed by atoms with Gasteiger partial charge in [0.15, 0.2) is 0 Å². The highest BCUT2D eigenvalue weighted by Crippen LogP contribution is 2.62. The minimum Gasteiger partial charge on any atom is -0.325 e. The molecule has 0 aromatic heterocycles. The van der Waals surface area contributed by atoms with Crippen LogP contribution in [0.15, 0.2) is 18.2 Å². The molecule has 0 radical (unpaired) electrons. The summed E-state index contributed by atoms with van der Waals surface area (Å²) in [6.45, 7) is 0. The molecule has 3 fully saturated rings. The van der Waals surface area contributed by atoms with Crippen molar-refractivity contribution in [3.8, 4) is 0 Å². The summed E-state index contributed by atoms with van der Waals surface area (Å²) in [5, 5.41) is 0.459. The first-order valence-electron chi connectivity index (χ1n) is 7.80. The largest absolute Gasteiger partial charge is 0.325 e. The van der Waals surface area contributed by atoms with Crippen molar-refractivity contribution >= 4 is 11.6 Å². The van der Waals surface area contributed by atoms with E-state index in [4.69, 9.17) is 17.3 Å². The third kappa shape index (κ3) is 1.84. The summed E-state index contributed by atoms with van der Waals surface area (Å²) < 4.78 is 14.0. The Kier molecular flexibility index (Phi) is 2.91. The Hall–Kier alpha value is -0.600. The maximum absolute atomic E-state index is 14.0. The van der Waals surface area contributed by atoms with Crippen LogP contribution in [0.2, 0.25) is 5.02 Å². The van der Waals surface area contributed by atoms with Crippen molar-refractivity contribution in [2.45, 2.75) is 44.1 Å². The summed E-state index contributed by atoms with van der Waals surface area (Å²) in [6.07, 6.45) is 7.14. The van der Waals surface area contributed by atoms with E-state index in [2.05, 4.69) is 0 Å². The summed E-state index contributed by atoms with van der Waals surface area (Å²) in [7, 11) is 0. The molecule has 1 aromatic carbocycles. The van der Waals surface area contributed by atoms with E-state index in [0.717, 1.165) is 29.7 Å². The molecule has 108 valence electrons. The smallest absolute Gasteiger partial charge is 0.127 e. The van der Waals surface area contributed by atoms with Crippen LogP contribution in [0.4, 0.5) is 4.39 Å². The molecule has 0 aliphatic heterocycles. The summed E-state index contributed by atoms with van der Waals surface area (Å²) in [5.41, 5.74) is 7.29. The van der Waals surface area contributed by atoms with Gasteiger partial charge in [-0.15, -0.1) is 0 Å². The average Bonchev–Trinajstić information content (AvgIpc) is 3.03. The second-order valence-electron chi connectivity index (χ2n) is 7.21. The Labute approximate surface area is 124 Å². The molecule has 3 saturated carbocycles. The maximum Gasteiger partial charge on any atom is 0.127 e. The zero-order chi connectivity index (χ0) is 13.9. The van der Waals surface area contributed by atoms with Crippen molar-refractivity contribution in [2.75, 3.05) is 0 Å². The molecule has 1 nitrogen and oxygen atoms in total. The standard InChI is InChI=1S/C17H21ClFN/c18-12-5-4-10(16(19)7-12)8-17(20)9-11-6-15(17)14-3-1-2-13(11)14/h4-5,7,11,13-15H,1-3,6,8-9,20H2. The molecule has 5 unspecified atom stereocenters. The number of rotatable bonds is 2. The number of halogens is 2. The third-order valence-electron chi connectivity index (χ3n) is 6.22. The van der Waals surface area contributed by atoms with E-state index in [0.29, 0.717) is 17.4 Å². The quantitative estimate of drug-likeness (QED) is 0.870. The van der Waals surface area contributed by atoms with Crippen molar-refractivity contribution in [2.24, 2.45) is 29.4 Å². The van der Waals surface area contributed by atoms with Gasteiger partial charge in [0, 0.05) is 10.6 Å². The number of nitrogens with two attached hydrogens (primary N) is 1. The third-order valence-corrected chi connectivity index (χ3v) is 6.45. The average molecular weight is 294 g/mol. The summed E-state index contributed by atoms with van der Waals surface area (Å²) in [4.78, 5) is 0. The van der Waals surface area contributed by atoms with Crippen LogP contribution in [0.1, 0.15) is 37.7 Å². The van der Waals surface area contributed by atoms with Crippen molar-refractivity contribution in [1.29, 1.82) is 0 Å². The van der Waals surface area contributed by atoms with Crippen LogP contribution in [0, 0.1) is 29.5 Å². The molecule has 0 amide bonds. The predicted octanol–water partition coefficient (Wildman–Crippen LogP) is 4.18. The molecular formula is C17H21ClFN. The van der Waals surface area contributed by atoms with Crippen LogP contribution in [0.5, 0.6) is 0 Å². The molecule has 2 bridgehead atoms. The highest BCUT2D eigenvalue weighted by molar-refractivity contribution is 6.30. The number of hydrogen-bond acceptors (Lipinski definition) is 1. The number of benzene rings is 1. The Morgan fingerprint density at radius 3 is 2.90 bits per heavy atom. The van der Waals surface area contributed by atoms with E-state index < -0.39 is 0 Å². The lowest BCUT2D eigenvalue weighted by Gasteiger charge is -2.40. The van der Waals surface area contributed by atoms with Gasteiger partial charge in [0.25, 0.3) is 0 Å². The SMILES string of the molecule is NC1(Cc2ccc(Cl)cc2F)CC2CC1C1CCCC21. The Bertz CT molecular complexity index is 546. The topological polar surface area (TPSA) is 26.0 Å². The van der Waals surface area contributed by atoms with Gasteiger partial charge >= 0.3 is 0 Å². The molecule has 3 heteroatoms. The molecule has 1 aromatic rings. The van der Waals surface area contributed by atoms with E-state index in [1.165, 1.54) is 31.7 Å². The van der Waals surface area contributed by atoms with Gasteiger partial charge in [-0.1, -0.05) is 24.1 Å². The van der Waals surface area contributed by atoms with Gasteiger partial charge in [-0.3, -0.25) is 0 Å². The lowest BCUT2D eigenvalue weighted by atomic mass is 9.69. The van der Waals surface area contributed by atoms with Gasteiger partial charge in [0.2, 0.25) is 0 Å². The van der Waals surface area contributed by atoms with E-state index in [1.807, 2.05) is 6.07 Å². The van der Waals surface area contributed by atoms with Crippen molar-refractivity contribution in [1.82, 2.24) is 0 Å². The van der Waals surface area contributed by atoms with E-state index in [1.54, 1.807) is 6.07 Å². The zero-order valence-electron chi connectivity index (χ0n) is 11.6. The molecule has 4 rings (SSSR count). The van der Waals surface area contributed by atoms with Crippen molar-refractivity contribution in [3.05, 3.63) is 34.6 Å². The van der Waals surface area contributed by atoms with Gasteiger partial charge in [0.05, 0.1) is 0 Å². The maximum atomic E-state index is 14.0. The fourth-order valence-electron chi connectivity index (χ4n) is 5.54. The van der Waals surface area contributed by atoms with Crippen LogP contribution in [0.3, 0.4) is 0 Å².